The Morgan fingerprint density at radius 1 is 1.29 bits per heavy atom. The zero-order chi connectivity index (χ0) is 16.9. The van der Waals surface area contributed by atoms with Crippen molar-refractivity contribution in [3.05, 3.63) is 64.7 Å². The Balaban J connectivity index is 1.64. The summed E-state index contributed by atoms with van der Waals surface area (Å²) < 4.78 is 0. The summed E-state index contributed by atoms with van der Waals surface area (Å²) in [6.45, 7) is 6.22. The number of amides is 1. The van der Waals surface area contributed by atoms with Gasteiger partial charge in [-0.3, -0.25) is 9.69 Å². The van der Waals surface area contributed by atoms with Crippen LogP contribution in [0, 0.1) is 0 Å². The molecule has 2 aromatic rings. The van der Waals surface area contributed by atoms with Gasteiger partial charge in [0.25, 0.3) is 5.91 Å². The Morgan fingerprint density at radius 2 is 2.08 bits per heavy atom. The number of carbonyl (C=O) groups is 1. The van der Waals surface area contributed by atoms with Gasteiger partial charge in [-0.1, -0.05) is 23.7 Å². The normalized spacial score (nSPS) is 18.3. The number of anilines is 1. The quantitative estimate of drug-likeness (QED) is 0.894. The van der Waals surface area contributed by atoms with Gasteiger partial charge in [-0.2, -0.15) is 0 Å². The first-order valence-corrected chi connectivity index (χ1v) is 8.59. The lowest BCUT2D eigenvalue weighted by atomic mass is 10.1. The van der Waals surface area contributed by atoms with Crippen molar-refractivity contribution < 1.29 is 4.79 Å². The highest BCUT2D eigenvalue weighted by atomic mass is 35.5. The molecular formula is C19H22ClN3O. The molecule has 1 saturated heterocycles. The van der Waals surface area contributed by atoms with Crippen molar-refractivity contribution >= 4 is 23.2 Å². The lowest BCUT2D eigenvalue weighted by molar-refractivity contribution is 0.102. The van der Waals surface area contributed by atoms with E-state index in [4.69, 9.17) is 11.6 Å². The summed E-state index contributed by atoms with van der Waals surface area (Å²) in [5.41, 5.74) is 2.62. The highest BCUT2D eigenvalue weighted by Crippen LogP contribution is 2.16. The van der Waals surface area contributed by atoms with E-state index in [0.29, 0.717) is 16.6 Å². The number of benzene rings is 2. The number of carbonyl (C=O) groups excluding carboxylic acids is 1. The van der Waals surface area contributed by atoms with E-state index in [9.17, 15) is 4.79 Å². The van der Waals surface area contributed by atoms with Crippen LogP contribution in [0.3, 0.4) is 0 Å². The lowest BCUT2D eigenvalue weighted by Crippen LogP contribution is -2.48. The maximum atomic E-state index is 12.3. The van der Waals surface area contributed by atoms with Crippen LogP contribution in [-0.2, 0) is 6.54 Å². The van der Waals surface area contributed by atoms with E-state index in [1.54, 1.807) is 24.3 Å². The highest BCUT2D eigenvalue weighted by Gasteiger charge is 2.15. The number of nitrogens with one attached hydrogen (secondary N) is 2. The molecule has 1 fully saturated rings. The predicted octanol–water partition coefficient (Wildman–Crippen LogP) is 3.39. The third-order valence-corrected chi connectivity index (χ3v) is 4.40. The second-order valence-electron chi connectivity index (χ2n) is 6.25. The second kappa shape index (κ2) is 7.79. The van der Waals surface area contributed by atoms with E-state index in [-0.39, 0.29) is 5.91 Å². The molecule has 1 aliphatic heterocycles. The van der Waals surface area contributed by atoms with Gasteiger partial charge >= 0.3 is 0 Å². The van der Waals surface area contributed by atoms with E-state index in [1.807, 2.05) is 18.2 Å². The number of hydrogen-bond donors (Lipinski definition) is 2. The molecule has 0 radical (unpaired) electrons. The molecule has 0 saturated carbocycles. The number of rotatable bonds is 4. The number of hydrogen-bond acceptors (Lipinski definition) is 3. The zero-order valence-electron chi connectivity index (χ0n) is 13.8. The van der Waals surface area contributed by atoms with Gasteiger partial charge in [-0.25, -0.2) is 0 Å². The smallest absolute Gasteiger partial charge is 0.255 e. The van der Waals surface area contributed by atoms with Crippen LogP contribution in [0.5, 0.6) is 0 Å². The van der Waals surface area contributed by atoms with Gasteiger partial charge in [-0.05, 0) is 48.9 Å². The van der Waals surface area contributed by atoms with Gasteiger partial charge in [-0.15, -0.1) is 0 Å². The monoisotopic (exact) mass is 343 g/mol. The fraction of sp³-hybridized carbons (Fsp3) is 0.316. The molecule has 1 aliphatic rings. The van der Waals surface area contributed by atoms with Crippen LogP contribution < -0.4 is 10.6 Å². The molecule has 0 bridgehead atoms. The van der Waals surface area contributed by atoms with Gasteiger partial charge in [0.2, 0.25) is 0 Å². The topological polar surface area (TPSA) is 44.4 Å². The average Bonchev–Trinajstić information content (AvgIpc) is 2.56. The predicted molar refractivity (Wildman–Crippen MR) is 98.6 cm³/mol. The Labute approximate surface area is 147 Å². The summed E-state index contributed by atoms with van der Waals surface area (Å²) in [5, 5.41) is 7.02. The van der Waals surface area contributed by atoms with Crippen molar-refractivity contribution in [3.8, 4) is 0 Å². The van der Waals surface area contributed by atoms with Crippen molar-refractivity contribution in [1.82, 2.24) is 10.2 Å². The molecule has 0 spiro atoms. The Bertz CT molecular complexity index is 702. The first-order chi connectivity index (χ1) is 11.6. The minimum atomic E-state index is -0.125. The van der Waals surface area contributed by atoms with Crippen LogP contribution in [0.15, 0.2) is 48.5 Å². The van der Waals surface area contributed by atoms with E-state index >= 15 is 0 Å². The summed E-state index contributed by atoms with van der Waals surface area (Å²) in [6, 6.07) is 15.5. The zero-order valence-corrected chi connectivity index (χ0v) is 14.5. The third-order valence-electron chi connectivity index (χ3n) is 4.15. The van der Waals surface area contributed by atoms with Crippen LogP contribution in [-0.4, -0.2) is 36.5 Å². The number of nitrogens with zero attached hydrogens (tertiary/aromatic N) is 1. The van der Waals surface area contributed by atoms with Crippen molar-refractivity contribution in [2.45, 2.75) is 19.5 Å². The van der Waals surface area contributed by atoms with Crippen molar-refractivity contribution in [1.29, 1.82) is 0 Å². The minimum absolute atomic E-state index is 0.125. The van der Waals surface area contributed by atoms with Crippen LogP contribution >= 0.6 is 11.6 Å². The minimum Gasteiger partial charge on any atom is -0.322 e. The first kappa shape index (κ1) is 17.0. The Kier molecular flexibility index (Phi) is 5.51. The number of piperazine rings is 1. The molecule has 1 amide bonds. The molecule has 0 aromatic heterocycles. The molecule has 24 heavy (non-hydrogen) atoms. The summed E-state index contributed by atoms with van der Waals surface area (Å²) in [7, 11) is 0. The summed E-state index contributed by atoms with van der Waals surface area (Å²) in [5.74, 6) is -0.125. The molecular weight excluding hydrogens is 322 g/mol. The fourth-order valence-corrected chi connectivity index (χ4v) is 3.09. The Hall–Kier alpha value is -1.88. The molecule has 1 atom stereocenters. The average molecular weight is 344 g/mol. The summed E-state index contributed by atoms with van der Waals surface area (Å²) >= 11 is 5.86. The number of halogens is 1. The van der Waals surface area contributed by atoms with Crippen LogP contribution in [0.2, 0.25) is 5.02 Å². The molecule has 1 unspecified atom stereocenters. The van der Waals surface area contributed by atoms with Gasteiger partial charge in [0.05, 0.1) is 0 Å². The maximum Gasteiger partial charge on any atom is 0.255 e. The van der Waals surface area contributed by atoms with Gasteiger partial charge < -0.3 is 10.6 Å². The second-order valence-corrected chi connectivity index (χ2v) is 6.69. The summed E-state index contributed by atoms with van der Waals surface area (Å²) in [6.07, 6.45) is 0. The molecule has 0 aliphatic carbocycles. The van der Waals surface area contributed by atoms with Gasteiger partial charge in [0.1, 0.15) is 0 Å². The molecule has 126 valence electrons. The Morgan fingerprint density at radius 3 is 2.83 bits per heavy atom. The maximum absolute atomic E-state index is 12.3. The molecule has 2 N–H and O–H groups in total. The lowest BCUT2D eigenvalue weighted by Gasteiger charge is -2.31. The van der Waals surface area contributed by atoms with Crippen LogP contribution in [0.25, 0.3) is 0 Å². The van der Waals surface area contributed by atoms with E-state index in [1.165, 1.54) is 5.56 Å². The summed E-state index contributed by atoms with van der Waals surface area (Å²) in [4.78, 5) is 14.7. The van der Waals surface area contributed by atoms with Gasteiger partial charge in [0, 0.05) is 48.5 Å². The third kappa shape index (κ3) is 4.57. The SMILES string of the molecule is CC1CN(Cc2cccc(NC(=O)c3ccc(Cl)cc3)c2)CCN1. The van der Waals surface area contributed by atoms with Crippen molar-refractivity contribution in [2.75, 3.05) is 25.0 Å². The van der Waals surface area contributed by atoms with E-state index < -0.39 is 0 Å². The molecule has 4 nitrogen and oxygen atoms in total. The molecule has 3 rings (SSSR count). The molecule has 5 heteroatoms. The molecule has 1 heterocycles. The highest BCUT2D eigenvalue weighted by molar-refractivity contribution is 6.30. The van der Waals surface area contributed by atoms with Crippen LogP contribution in [0.1, 0.15) is 22.8 Å². The van der Waals surface area contributed by atoms with Crippen molar-refractivity contribution in [2.24, 2.45) is 0 Å². The van der Waals surface area contributed by atoms with E-state index in [0.717, 1.165) is 31.9 Å². The van der Waals surface area contributed by atoms with Gasteiger partial charge in [0.15, 0.2) is 0 Å². The first-order valence-electron chi connectivity index (χ1n) is 8.22. The largest absolute Gasteiger partial charge is 0.322 e. The van der Waals surface area contributed by atoms with E-state index in [2.05, 4.69) is 28.5 Å². The standard InChI is InChI=1S/C19H22ClN3O/c1-14-12-23(10-9-21-14)13-15-3-2-4-18(11-15)22-19(24)16-5-7-17(20)8-6-16/h2-8,11,14,21H,9-10,12-13H2,1H3,(H,22,24). The molecule has 2 aromatic carbocycles. The fourth-order valence-electron chi connectivity index (χ4n) is 2.97. The van der Waals surface area contributed by atoms with Crippen LogP contribution in [0.4, 0.5) is 5.69 Å². The van der Waals surface area contributed by atoms with Crippen molar-refractivity contribution in [3.63, 3.8) is 0 Å².